The van der Waals surface area contributed by atoms with E-state index >= 15 is 0 Å². The molecule has 6 aromatic rings. The SMILES string of the molecule is O=C(O)c1ccc(C2=C3C=CC(=N3)C(c3ccc(C(=O)O)cc3)=c3ccc([nH]3)=C(c3ccc(C(=O)O)cc3)C3=NC(C=C3)C(c3ccc(C(=O)O)cc3)c3ccc2[nH]3)cc1. The van der Waals surface area contributed by atoms with Crippen LogP contribution < -0.4 is 10.7 Å². The van der Waals surface area contributed by atoms with Crippen LogP contribution in [0.3, 0.4) is 0 Å². The predicted molar refractivity (Wildman–Crippen MR) is 224 cm³/mol. The lowest BCUT2D eigenvalue weighted by molar-refractivity contribution is 0.0686. The van der Waals surface area contributed by atoms with Gasteiger partial charge < -0.3 is 30.4 Å². The molecule has 292 valence electrons. The number of rotatable bonds is 8. The Morgan fingerprint density at radius 1 is 0.467 bits per heavy atom. The van der Waals surface area contributed by atoms with Gasteiger partial charge in [-0.15, -0.1) is 0 Å². The van der Waals surface area contributed by atoms with E-state index in [4.69, 9.17) is 9.98 Å². The van der Waals surface area contributed by atoms with Crippen LogP contribution in [0.25, 0.3) is 16.7 Å². The summed E-state index contributed by atoms with van der Waals surface area (Å²) in [4.78, 5) is 65.0. The third-order valence-electron chi connectivity index (χ3n) is 10.8. The molecule has 3 aliphatic rings. The number of benzene rings is 4. The lowest BCUT2D eigenvalue weighted by atomic mass is 9.88. The fourth-order valence-corrected chi connectivity index (χ4v) is 7.89. The minimum atomic E-state index is -1.06. The molecule has 0 saturated heterocycles. The molecule has 6 N–H and O–H groups in total. The number of allylic oxidation sites excluding steroid dienone is 3. The number of fused-ring (bicyclic) bond motifs is 6. The van der Waals surface area contributed by atoms with Crippen molar-refractivity contribution >= 4 is 52.0 Å². The molecule has 60 heavy (non-hydrogen) atoms. The second kappa shape index (κ2) is 14.8. The minimum absolute atomic E-state index is 0.121. The Bertz CT molecular complexity index is 3070. The first-order valence-corrected chi connectivity index (χ1v) is 18.8. The van der Waals surface area contributed by atoms with Crippen molar-refractivity contribution in [3.05, 3.63) is 218 Å². The Labute approximate surface area is 340 Å². The van der Waals surface area contributed by atoms with Crippen molar-refractivity contribution in [3.63, 3.8) is 0 Å². The van der Waals surface area contributed by atoms with Gasteiger partial charge in [0, 0.05) is 38.8 Å². The summed E-state index contributed by atoms with van der Waals surface area (Å²) in [5.41, 5.74) is 8.70. The molecule has 12 heteroatoms. The molecule has 0 amide bonds. The molecule has 5 heterocycles. The molecule has 12 nitrogen and oxygen atoms in total. The zero-order chi connectivity index (χ0) is 41.7. The molecule has 3 aliphatic heterocycles. The Hall–Kier alpha value is -8.38. The number of nitrogens with one attached hydrogen (secondary N) is 2. The predicted octanol–water partition coefficient (Wildman–Crippen LogP) is 6.53. The van der Waals surface area contributed by atoms with E-state index in [1.165, 1.54) is 36.4 Å². The Morgan fingerprint density at radius 2 is 0.933 bits per heavy atom. The number of carboxylic acids is 4. The van der Waals surface area contributed by atoms with Gasteiger partial charge in [0.15, 0.2) is 0 Å². The van der Waals surface area contributed by atoms with Crippen LogP contribution >= 0.6 is 0 Å². The highest BCUT2D eigenvalue weighted by Gasteiger charge is 2.30. The molecule has 0 radical (unpaired) electrons. The van der Waals surface area contributed by atoms with E-state index in [2.05, 4.69) is 9.97 Å². The number of aromatic nitrogens is 2. The van der Waals surface area contributed by atoms with E-state index in [0.29, 0.717) is 66.9 Å². The lowest BCUT2D eigenvalue weighted by Crippen LogP contribution is -2.21. The van der Waals surface area contributed by atoms with E-state index in [9.17, 15) is 39.6 Å². The van der Waals surface area contributed by atoms with Crippen LogP contribution in [-0.2, 0) is 0 Å². The number of H-pyrrole nitrogens is 2. The first-order chi connectivity index (χ1) is 29.0. The fraction of sp³-hybridized carbons (Fsp3) is 0.0417. The van der Waals surface area contributed by atoms with Gasteiger partial charge in [0.1, 0.15) is 0 Å². The molecule has 2 atom stereocenters. The molecule has 2 unspecified atom stereocenters. The summed E-state index contributed by atoms with van der Waals surface area (Å²) in [7, 11) is 0. The number of aromatic carboxylic acids is 4. The van der Waals surface area contributed by atoms with E-state index in [0.717, 1.165) is 11.3 Å². The van der Waals surface area contributed by atoms with Gasteiger partial charge in [-0.2, -0.15) is 0 Å². The number of nitrogens with zero attached hydrogens (tertiary/aromatic N) is 2. The standard InChI is InChI=1S/C48H32N4O8/c53-45(54)29-9-1-25(2-10-29)41-33-17-19-35(49-33)42(26-3-11-30(12-4-26)46(55)56)37-21-23-39(51-37)44(28-7-15-32(16-8-28)48(59)60)40-24-22-38(52-40)43(36-20-18-34(41)50-36)27-5-13-31(14-6-27)47(57)58/h1-24,33,41,50-51H,(H,53,54)(H,55,56)(H,57,58)(H,59,60). The summed E-state index contributed by atoms with van der Waals surface area (Å²) in [5.74, 6) is -4.65. The smallest absolute Gasteiger partial charge is 0.335 e. The Kier molecular flexibility index (Phi) is 9.21. The molecule has 4 aromatic carbocycles. The largest absolute Gasteiger partial charge is 0.478 e. The van der Waals surface area contributed by atoms with Crippen molar-refractivity contribution in [3.8, 4) is 0 Å². The van der Waals surface area contributed by atoms with E-state index in [-0.39, 0.29) is 22.3 Å². The van der Waals surface area contributed by atoms with E-state index in [1.54, 1.807) is 60.7 Å². The summed E-state index contributed by atoms with van der Waals surface area (Å²) in [6, 6.07) is 33.5. The summed E-state index contributed by atoms with van der Waals surface area (Å²) in [5, 5.41) is 40.1. The molecule has 0 fully saturated rings. The highest BCUT2D eigenvalue weighted by molar-refractivity contribution is 6.31. The van der Waals surface area contributed by atoms with Gasteiger partial charge in [0.25, 0.3) is 0 Å². The van der Waals surface area contributed by atoms with Crippen molar-refractivity contribution < 1.29 is 39.6 Å². The molecule has 9 rings (SSSR count). The van der Waals surface area contributed by atoms with Gasteiger partial charge in [0.05, 0.1) is 51.3 Å². The van der Waals surface area contributed by atoms with Gasteiger partial charge in [-0.25, -0.2) is 24.2 Å². The number of hydrogen-bond donors (Lipinski definition) is 6. The molecule has 0 spiro atoms. The summed E-state index contributed by atoms with van der Waals surface area (Å²) in [6.45, 7) is 0. The van der Waals surface area contributed by atoms with Crippen molar-refractivity contribution in [2.45, 2.75) is 12.0 Å². The Morgan fingerprint density at radius 3 is 1.43 bits per heavy atom. The number of aromatic amines is 2. The quantitative estimate of drug-likeness (QED) is 0.0998. The van der Waals surface area contributed by atoms with Crippen LogP contribution in [0.1, 0.15) is 81.0 Å². The van der Waals surface area contributed by atoms with Gasteiger partial charge in [-0.3, -0.25) is 4.99 Å². The third kappa shape index (κ3) is 6.77. The number of carboxylic acid groups (broad SMARTS) is 4. The van der Waals surface area contributed by atoms with Gasteiger partial charge in [0.2, 0.25) is 0 Å². The zero-order valence-electron chi connectivity index (χ0n) is 31.3. The molecule has 0 saturated carbocycles. The normalized spacial score (nSPS) is 16.8. The maximum atomic E-state index is 11.8. The van der Waals surface area contributed by atoms with Crippen LogP contribution in [0.4, 0.5) is 0 Å². The molecule has 0 aliphatic carbocycles. The molecular formula is C48H32N4O8. The second-order valence-corrected chi connectivity index (χ2v) is 14.4. The lowest BCUT2D eigenvalue weighted by Gasteiger charge is -2.21. The summed E-state index contributed by atoms with van der Waals surface area (Å²) < 4.78 is 0. The summed E-state index contributed by atoms with van der Waals surface area (Å²) in [6.07, 6.45) is 7.66. The molecular weight excluding hydrogens is 761 g/mol. The van der Waals surface area contributed by atoms with Gasteiger partial charge >= 0.3 is 23.9 Å². The maximum absolute atomic E-state index is 11.8. The van der Waals surface area contributed by atoms with Crippen LogP contribution in [-0.4, -0.2) is 71.7 Å². The minimum Gasteiger partial charge on any atom is -0.478 e. The van der Waals surface area contributed by atoms with Gasteiger partial charge in [-0.1, -0.05) is 54.6 Å². The number of aliphatic imine (C=N–C) groups is 2. The van der Waals surface area contributed by atoms with Crippen LogP contribution in [0.15, 0.2) is 161 Å². The highest BCUT2D eigenvalue weighted by Crippen LogP contribution is 2.37. The fourth-order valence-electron chi connectivity index (χ4n) is 7.89. The zero-order valence-corrected chi connectivity index (χ0v) is 31.3. The average Bonchev–Trinajstić information content (AvgIpc) is 4.10. The number of hydrogen-bond acceptors (Lipinski definition) is 6. The van der Waals surface area contributed by atoms with Crippen molar-refractivity contribution in [2.75, 3.05) is 0 Å². The van der Waals surface area contributed by atoms with Crippen LogP contribution in [0.5, 0.6) is 0 Å². The van der Waals surface area contributed by atoms with Crippen molar-refractivity contribution in [1.82, 2.24) is 9.97 Å². The first kappa shape index (κ1) is 37.2. The van der Waals surface area contributed by atoms with Crippen LogP contribution in [0.2, 0.25) is 0 Å². The topological polar surface area (TPSA) is 205 Å². The van der Waals surface area contributed by atoms with E-state index in [1.807, 2.05) is 48.6 Å². The third-order valence-corrected chi connectivity index (χ3v) is 10.8. The summed E-state index contributed by atoms with van der Waals surface area (Å²) >= 11 is 0. The Balaban J connectivity index is 1.35. The molecule has 2 aromatic heterocycles. The van der Waals surface area contributed by atoms with E-state index < -0.39 is 35.8 Å². The second-order valence-electron chi connectivity index (χ2n) is 14.4. The van der Waals surface area contributed by atoms with Gasteiger partial charge in [-0.05, 0) is 113 Å². The monoisotopic (exact) mass is 792 g/mol. The van der Waals surface area contributed by atoms with Crippen molar-refractivity contribution in [2.24, 2.45) is 9.98 Å². The molecule has 8 bridgehead atoms. The highest BCUT2D eigenvalue weighted by atomic mass is 16.4. The first-order valence-electron chi connectivity index (χ1n) is 18.8. The van der Waals surface area contributed by atoms with Crippen molar-refractivity contribution in [1.29, 1.82) is 0 Å². The maximum Gasteiger partial charge on any atom is 0.335 e. The number of carbonyl (C=O) groups is 4. The van der Waals surface area contributed by atoms with Crippen LogP contribution in [0, 0.1) is 0 Å². The average molecular weight is 793 g/mol.